The average molecular weight is 273 g/mol. The molecule has 3 nitrogen and oxygen atoms in total. The zero-order valence-corrected chi connectivity index (χ0v) is 12.3. The van der Waals surface area contributed by atoms with Crippen LogP contribution in [0, 0.1) is 6.92 Å². The molecular formula is C15H19N3S. The summed E-state index contributed by atoms with van der Waals surface area (Å²) in [5.41, 5.74) is 5.55. The largest absolute Gasteiger partial charge is 0.312 e. The Balaban J connectivity index is 1.81. The number of hydrogen-bond donors (Lipinski definition) is 1. The number of benzene rings is 1. The normalized spacial score (nSPS) is 15.5. The summed E-state index contributed by atoms with van der Waals surface area (Å²) in [6.45, 7) is 2.03. The van der Waals surface area contributed by atoms with Crippen molar-refractivity contribution in [1.82, 2.24) is 14.9 Å². The van der Waals surface area contributed by atoms with E-state index in [1.54, 1.807) is 11.1 Å². The van der Waals surface area contributed by atoms with Crippen molar-refractivity contribution in [3.63, 3.8) is 0 Å². The van der Waals surface area contributed by atoms with Gasteiger partial charge in [-0.3, -0.25) is 0 Å². The van der Waals surface area contributed by atoms with Crippen molar-refractivity contribution in [1.29, 1.82) is 0 Å². The number of likely N-dealkylation sites (N-methyl/N-ethyl adjacent to an activating group) is 1. The molecule has 0 saturated carbocycles. The van der Waals surface area contributed by atoms with Gasteiger partial charge >= 0.3 is 0 Å². The van der Waals surface area contributed by atoms with Crippen LogP contribution in [0.4, 0.5) is 0 Å². The second-order valence-electron chi connectivity index (χ2n) is 5.22. The third-order valence-electron chi connectivity index (χ3n) is 3.95. The Morgan fingerprint density at radius 3 is 2.89 bits per heavy atom. The molecule has 1 heterocycles. The van der Waals surface area contributed by atoms with Crippen LogP contribution in [0.3, 0.4) is 0 Å². The standard InChI is InChI=1S/C15H19N3S/c1-10-15(19-18-17-10)14(16-2)9-11-6-7-12-4-3-5-13(12)8-11/h6-8,14,16H,3-5,9H2,1-2H3. The maximum Gasteiger partial charge on any atom is 0.0772 e. The van der Waals surface area contributed by atoms with Crippen molar-refractivity contribution >= 4 is 11.5 Å². The Morgan fingerprint density at radius 1 is 1.32 bits per heavy atom. The summed E-state index contributed by atoms with van der Waals surface area (Å²) in [4.78, 5) is 1.25. The van der Waals surface area contributed by atoms with Gasteiger partial charge in [0.1, 0.15) is 0 Å². The van der Waals surface area contributed by atoms with Crippen molar-refractivity contribution in [3.8, 4) is 0 Å². The molecule has 0 saturated heterocycles. The predicted octanol–water partition coefficient (Wildman–Crippen LogP) is 2.84. The van der Waals surface area contributed by atoms with Crippen LogP contribution < -0.4 is 5.32 Å². The van der Waals surface area contributed by atoms with Crippen LogP contribution in [0.15, 0.2) is 18.2 Å². The second kappa shape index (κ2) is 5.39. The van der Waals surface area contributed by atoms with Crippen molar-refractivity contribution in [2.45, 2.75) is 38.6 Å². The molecule has 1 N–H and O–H groups in total. The molecule has 1 atom stereocenters. The first-order chi connectivity index (χ1) is 9.28. The van der Waals surface area contributed by atoms with Crippen LogP contribution in [-0.2, 0) is 19.3 Å². The zero-order chi connectivity index (χ0) is 13.2. The third-order valence-corrected chi connectivity index (χ3v) is 4.89. The molecule has 1 unspecified atom stereocenters. The van der Waals surface area contributed by atoms with Gasteiger partial charge in [-0.05, 0) is 67.9 Å². The van der Waals surface area contributed by atoms with Crippen LogP contribution >= 0.6 is 11.5 Å². The van der Waals surface area contributed by atoms with Crippen molar-refractivity contribution in [2.75, 3.05) is 7.05 Å². The van der Waals surface area contributed by atoms with Crippen LogP contribution in [-0.4, -0.2) is 16.6 Å². The van der Waals surface area contributed by atoms with E-state index in [2.05, 4.69) is 33.1 Å². The van der Waals surface area contributed by atoms with Crippen molar-refractivity contribution in [2.24, 2.45) is 0 Å². The van der Waals surface area contributed by atoms with Gasteiger partial charge in [0.2, 0.25) is 0 Å². The Hall–Kier alpha value is -1.26. The molecule has 0 spiro atoms. The fraction of sp³-hybridized carbons (Fsp3) is 0.467. The summed E-state index contributed by atoms with van der Waals surface area (Å²) in [5.74, 6) is 0. The third kappa shape index (κ3) is 2.55. The van der Waals surface area contributed by atoms with Crippen LogP contribution in [0.5, 0.6) is 0 Å². The summed E-state index contributed by atoms with van der Waals surface area (Å²) in [5, 5.41) is 7.51. The molecular weight excluding hydrogens is 254 g/mol. The van der Waals surface area contributed by atoms with E-state index < -0.39 is 0 Å². The zero-order valence-electron chi connectivity index (χ0n) is 11.4. The molecule has 0 fully saturated rings. The maximum atomic E-state index is 4.11. The highest BCUT2D eigenvalue weighted by molar-refractivity contribution is 7.05. The fourth-order valence-corrected chi connectivity index (χ4v) is 3.62. The highest BCUT2D eigenvalue weighted by Crippen LogP contribution is 2.27. The first-order valence-corrected chi connectivity index (χ1v) is 7.62. The smallest absolute Gasteiger partial charge is 0.0772 e. The molecule has 1 aromatic carbocycles. The lowest BCUT2D eigenvalue weighted by molar-refractivity contribution is 0.597. The van der Waals surface area contributed by atoms with Crippen LogP contribution in [0.1, 0.15) is 39.7 Å². The molecule has 19 heavy (non-hydrogen) atoms. The number of rotatable bonds is 4. The lowest BCUT2D eigenvalue weighted by Crippen LogP contribution is -2.18. The molecule has 1 aliphatic rings. The second-order valence-corrected chi connectivity index (χ2v) is 6.01. The molecule has 0 aliphatic heterocycles. The van der Waals surface area contributed by atoms with Gasteiger partial charge in [-0.1, -0.05) is 22.7 Å². The van der Waals surface area contributed by atoms with Crippen LogP contribution in [0.25, 0.3) is 0 Å². The highest BCUT2D eigenvalue weighted by atomic mass is 32.1. The molecule has 1 aliphatic carbocycles. The quantitative estimate of drug-likeness (QED) is 0.931. The van der Waals surface area contributed by atoms with E-state index in [1.807, 2.05) is 14.0 Å². The average Bonchev–Trinajstić information content (AvgIpc) is 3.04. The molecule has 1 aromatic heterocycles. The molecule has 2 aromatic rings. The van der Waals surface area contributed by atoms with Gasteiger partial charge in [-0.15, -0.1) is 5.10 Å². The minimum Gasteiger partial charge on any atom is -0.312 e. The minimum atomic E-state index is 0.319. The summed E-state index contributed by atoms with van der Waals surface area (Å²) >= 11 is 1.50. The molecule has 0 amide bonds. The van der Waals surface area contributed by atoms with Crippen LogP contribution in [0.2, 0.25) is 0 Å². The maximum absolute atomic E-state index is 4.11. The lowest BCUT2D eigenvalue weighted by atomic mass is 10.00. The first kappa shape index (κ1) is 12.8. The first-order valence-electron chi connectivity index (χ1n) is 6.84. The van der Waals surface area contributed by atoms with Crippen molar-refractivity contribution < 1.29 is 0 Å². The highest BCUT2D eigenvalue weighted by Gasteiger charge is 2.17. The van der Waals surface area contributed by atoms with Gasteiger partial charge in [-0.25, -0.2) is 0 Å². The van der Waals surface area contributed by atoms with E-state index in [0.29, 0.717) is 6.04 Å². The van der Waals surface area contributed by atoms with E-state index in [-0.39, 0.29) is 0 Å². The van der Waals surface area contributed by atoms with E-state index in [1.165, 1.54) is 41.2 Å². The predicted molar refractivity (Wildman–Crippen MR) is 78.6 cm³/mol. The van der Waals surface area contributed by atoms with E-state index in [0.717, 1.165) is 12.1 Å². The van der Waals surface area contributed by atoms with Gasteiger partial charge in [0, 0.05) is 6.04 Å². The molecule has 4 heteroatoms. The summed E-state index contributed by atoms with van der Waals surface area (Å²) in [6, 6.07) is 7.29. The Bertz CT molecular complexity index is 577. The van der Waals surface area contributed by atoms with Crippen molar-refractivity contribution in [3.05, 3.63) is 45.5 Å². The Labute approximate surface area is 118 Å². The van der Waals surface area contributed by atoms with Gasteiger partial charge in [0.25, 0.3) is 0 Å². The van der Waals surface area contributed by atoms with Gasteiger partial charge in [0.05, 0.1) is 10.6 Å². The van der Waals surface area contributed by atoms with Gasteiger partial charge in [-0.2, -0.15) is 0 Å². The number of hydrogen-bond acceptors (Lipinski definition) is 4. The van der Waals surface area contributed by atoms with Gasteiger partial charge in [0.15, 0.2) is 0 Å². The van der Waals surface area contributed by atoms with Gasteiger partial charge < -0.3 is 5.32 Å². The monoisotopic (exact) mass is 273 g/mol. The minimum absolute atomic E-state index is 0.319. The topological polar surface area (TPSA) is 37.8 Å². The number of nitrogens with zero attached hydrogens (tertiary/aromatic N) is 2. The number of aryl methyl sites for hydroxylation is 3. The molecule has 0 bridgehead atoms. The SMILES string of the molecule is CNC(Cc1ccc2c(c1)CCC2)c1snnc1C. The molecule has 3 rings (SSSR count). The number of aromatic nitrogens is 2. The van der Waals surface area contributed by atoms with E-state index in [9.17, 15) is 0 Å². The summed E-state index contributed by atoms with van der Waals surface area (Å²) in [6.07, 6.45) is 4.82. The van der Waals surface area contributed by atoms with E-state index >= 15 is 0 Å². The number of fused-ring (bicyclic) bond motifs is 1. The summed E-state index contributed by atoms with van der Waals surface area (Å²) < 4.78 is 4.04. The number of nitrogens with one attached hydrogen (secondary N) is 1. The Morgan fingerprint density at radius 2 is 2.16 bits per heavy atom. The fourth-order valence-electron chi connectivity index (χ4n) is 2.87. The Kier molecular flexibility index (Phi) is 3.62. The lowest BCUT2D eigenvalue weighted by Gasteiger charge is -2.15. The molecule has 100 valence electrons. The summed E-state index contributed by atoms with van der Waals surface area (Å²) in [7, 11) is 2.01. The van der Waals surface area contributed by atoms with E-state index in [4.69, 9.17) is 0 Å². The molecule has 0 radical (unpaired) electrons.